The lowest BCUT2D eigenvalue weighted by Crippen LogP contribution is -2.25. The number of hydrogen-bond donors (Lipinski definition) is 1. The standard InChI is InChI=1S/C12H16F2N2/c1-8-5-10(7-16(8)2)15-12-6-9(13)3-4-11(12)14/h3-4,6,8,10,15H,5,7H2,1-2H3. The summed E-state index contributed by atoms with van der Waals surface area (Å²) in [6.45, 7) is 2.99. The number of anilines is 1. The van der Waals surface area contributed by atoms with Gasteiger partial charge in [-0.15, -0.1) is 0 Å². The summed E-state index contributed by atoms with van der Waals surface area (Å²) in [7, 11) is 2.04. The molecule has 0 radical (unpaired) electrons. The van der Waals surface area contributed by atoms with Crippen LogP contribution in [0.3, 0.4) is 0 Å². The molecule has 0 aliphatic carbocycles. The van der Waals surface area contributed by atoms with Gasteiger partial charge in [-0.05, 0) is 38.6 Å². The number of rotatable bonds is 2. The first-order chi connectivity index (χ1) is 7.56. The Morgan fingerprint density at radius 3 is 2.75 bits per heavy atom. The van der Waals surface area contributed by atoms with Gasteiger partial charge < -0.3 is 10.2 Å². The highest BCUT2D eigenvalue weighted by atomic mass is 19.1. The summed E-state index contributed by atoms with van der Waals surface area (Å²) >= 11 is 0. The summed E-state index contributed by atoms with van der Waals surface area (Å²) < 4.78 is 26.3. The third-order valence-electron chi connectivity index (χ3n) is 3.17. The molecule has 2 nitrogen and oxygen atoms in total. The van der Waals surface area contributed by atoms with Crippen LogP contribution < -0.4 is 5.32 Å². The number of benzene rings is 1. The molecule has 4 heteroatoms. The SMILES string of the molecule is CC1CC(Nc2cc(F)ccc2F)CN1C. The Balaban J connectivity index is 2.07. The quantitative estimate of drug-likeness (QED) is 0.833. The molecule has 88 valence electrons. The summed E-state index contributed by atoms with van der Waals surface area (Å²) in [6.07, 6.45) is 0.951. The summed E-state index contributed by atoms with van der Waals surface area (Å²) in [6, 6.07) is 4.16. The highest BCUT2D eigenvalue weighted by molar-refractivity contribution is 5.46. The van der Waals surface area contributed by atoms with Crippen LogP contribution in [0.4, 0.5) is 14.5 Å². The van der Waals surface area contributed by atoms with E-state index in [1.54, 1.807) is 0 Å². The van der Waals surface area contributed by atoms with Gasteiger partial charge in [0.2, 0.25) is 0 Å². The van der Waals surface area contributed by atoms with E-state index in [0.29, 0.717) is 6.04 Å². The summed E-state index contributed by atoms with van der Waals surface area (Å²) in [5.74, 6) is -0.813. The molecule has 2 unspecified atom stereocenters. The zero-order valence-electron chi connectivity index (χ0n) is 9.50. The minimum absolute atomic E-state index is 0.191. The normalized spacial score (nSPS) is 26.0. The van der Waals surface area contributed by atoms with E-state index in [-0.39, 0.29) is 11.7 Å². The first kappa shape index (κ1) is 11.3. The molecule has 2 rings (SSSR count). The minimum atomic E-state index is -0.414. The Kier molecular flexibility index (Phi) is 3.10. The Hall–Kier alpha value is -1.16. The third-order valence-corrected chi connectivity index (χ3v) is 3.17. The van der Waals surface area contributed by atoms with Crippen LogP contribution in [0, 0.1) is 11.6 Å². The van der Waals surface area contributed by atoms with Crippen molar-refractivity contribution in [3.8, 4) is 0 Å². The molecule has 2 atom stereocenters. The molecule has 0 aromatic heterocycles. The van der Waals surface area contributed by atoms with Crippen LogP contribution in [0.15, 0.2) is 18.2 Å². The van der Waals surface area contributed by atoms with Gasteiger partial charge >= 0.3 is 0 Å². The van der Waals surface area contributed by atoms with E-state index < -0.39 is 11.6 Å². The average Bonchev–Trinajstić information content (AvgIpc) is 2.52. The van der Waals surface area contributed by atoms with Crippen molar-refractivity contribution in [2.75, 3.05) is 18.9 Å². The molecule has 0 amide bonds. The molecule has 1 fully saturated rings. The molecule has 1 saturated heterocycles. The fraction of sp³-hybridized carbons (Fsp3) is 0.500. The number of likely N-dealkylation sites (tertiary alicyclic amines) is 1. The predicted molar refractivity (Wildman–Crippen MR) is 60.5 cm³/mol. The predicted octanol–water partition coefficient (Wildman–Crippen LogP) is 2.47. The first-order valence-corrected chi connectivity index (χ1v) is 5.48. The van der Waals surface area contributed by atoms with Crippen molar-refractivity contribution >= 4 is 5.69 Å². The molecule has 1 N–H and O–H groups in total. The number of nitrogens with one attached hydrogen (secondary N) is 1. The zero-order chi connectivity index (χ0) is 11.7. The maximum absolute atomic E-state index is 13.4. The highest BCUT2D eigenvalue weighted by Gasteiger charge is 2.26. The van der Waals surface area contributed by atoms with E-state index in [1.807, 2.05) is 7.05 Å². The number of hydrogen-bond acceptors (Lipinski definition) is 2. The lowest BCUT2D eigenvalue weighted by Gasteiger charge is -2.14. The molecule has 0 spiro atoms. The van der Waals surface area contributed by atoms with Crippen molar-refractivity contribution in [3.05, 3.63) is 29.8 Å². The Morgan fingerprint density at radius 1 is 1.38 bits per heavy atom. The van der Waals surface area contributed by atoms with Gasteiger partial charge in [0.05, 0.1) is 5.69 Å². The molecule has 1 aromatic rings. The fourth-order valence-corrected chi connectivity index (χ4v) is 2.13. The molecular formula is C12H16F2N2. The smallest absolute Gasteiger partial charge is 0.146 e. The van der Waals surface area contributed by atoms with Gasteiger partial charge in [-0.25, -0.2) is 8.78 Å². The monoisotopic (exact) mass is 226 g/mol. The van der Waals surface area contributed by atoms with Gasteiger partial charge in [-0.3, -0.25) is 0 Å². The van der Waals surface area contributed by atoms with Crippen LogP contribution >= 0.6 is 0 Å². The van der Waals surface area contributed by atoms with Crippen LogP contribution in [-0.4, -0.2) is 30.6 Å². The van der Waals surface area contributed by atoms with Gasteiger partial charge in [-0.2, -0.15) is 0 Å². The van der Waals surface area contributed by atoms with Crippen molar-refractivity contribution in [2.24, 2.45) is 0 Å². The molecule has 1 aliphatic rings. The first-order valence-electron chi connectivity index (χ1n) is 5.48. The van der Waals surface area contributed by atoms with Crippen LogP contribution in [0.1, 0.15) is 13.3 Å². The van der Waals surface area contributed by atoms with E-state index in [9.17, 15) is 8.78 Å². The average molecular weight is 226 g/mol. The molecule has 1 heterocycles. The van der Waals surface area contributed by atoms with Crippen molar-refractivity contribution in [1.29, 1.82) is 0 Å². The second kappa shape index (κ2) is 4.37. The molecule has 0 saturated carbocycles. The van der Waals surface area contributed by atoms with E-state index in [0.717, 1.165) is 25.1 Å². The summed E-state index contributed by atoms with van der Waals surface area (Å²) in [4.78, 5) is 2.20. The third kappa shape index (κ3) is 2.32. The number of nitrogens with zero attached hydrogens (tertiary/aromatic N) is 1. The molecular weight excluding hydrogens is 210 g/mol. The maximum atomic E-state index is 13.4. The van der Waals surface area contributed by atoms with Gasteiger partial charge in [-0.1, -0.05) is 0 Å². The fourth-order valence-electron chi connectivity index (χ4n) is 2.13. The number of halogens is 2. The molecule has 1 aliphatic heterocycles. The molecule has 1 aromatic carbocycles. The summed E-state index contributed by atoms with van der Waals surface area (Å²) in [5.41, 5.74) is 0.257. The van der Waals surface area contributed by atoms with Gasteiger partial charge in [0.25, 0.3) is 0 Å². The maximum Gasteiger partial charge on any atom is 0.146 e. The lowest BCUT2D eigenvalue weighted by molar-refractivity contribution is 0.330. The van der Waals surface area contributed by atoms with E-state index >= 15 is 0 Å². The second-order valence-corrected chi connectivity index (χ2v) is 4.49. The topological polar surface area (TPSA) is 15.3 Å². The largest absolute Gasteiger partial charge is 0.379 e. The summed E-state index contributed by atoms with van der Waals surface area (Å²) in [5, 5.41) is 3.05. The van der Waals surface area contributed by atoms with Crippen molar-refractivity contribution in [3.63, 3.8) is 0 Å². The van der Waals surface area contributed by atoms with E-state index in [1.165, 1.54) is 6.07 Å². The van der Waals surface area contributed by atoms with Crippen molar-refractivity contribution in [2.45, 2.75) is 25.4 Å². The zero-order valence-corrected chi connectivity index (χ0v) is 9.50. The second-order valence-electron chi connectivity index (χ2n) is 4.49. The molecule has 0 bridgehead atoms. The van der Waals surface area contributed by atoms with E-state index in [2.05, 4.69) is 17.1 Å². The van der Waals surface area contributed by atoms with Crippen molar-refractivity contribution < 1.29 is 8.78 Å². The Morgan fingerprint density at radius 2 is 2.12 bits per heavy atom. The lowest BCUT2D eigenvalue weighted by atomic mass is 10.2. The Labute approximate surface area is 94.3 Å². The van der Waals surface area contributed by atoms with Gasteiger partial charge in [0.1, 0.15) is 11.6 Å². The van der Waals surface area contributed by atoms with Crippen LogP contribution in [-0.2, 0) is 0 Å². The van der Waals surface area contributed by atoms with Crippen molar-refractivity contribution in [1.82, 2.24) is 4.90 Å². The Bertz CT molecular complexity index is 371. The van der Waals surface area contributed by atoms with Gasteiger partial charge in [0, 0.05) is 18.6 Å². The molecule has 16 heavy (non-hydrogen) atoms. The van der Waals surface area contributed by atoms with Crippen LogP contribution in [0.25, 0.3) is 0 Å². The van der Waals surface area contributed by atoms with Crippen LogP contribution in [0.2, 0.25) is 0 Å². The van der Waals surface area contributed by atoms with Gasteiger partial charge in [0.15, 0.2) is 0 Å². The highest BCUT2D eigenvalue weighted by Crippen LogP contribution is 2.22. The number of likely N-dealkylation sites (N-methyl/N-ethyl adjacent to an activating group) is 1. The minimum Gasteiger partial charge on any atom is -0.379 e. The van der Waals surface area contributed by atoms with Crippen LogP contribution in [0.5, 0.6) is 0 Å². The van der Waals surface area contributed by atoms with E-state index in [4.69, 9.17) is 0 Å².